The van der Waals surface area contributed by atoms with Gasteiger partial charge in [0, 0.05) is 30.4 Å². The smallest absolute Gasteiger partial charge is 0.168 e. The Bertz CT molecular complexity index is 504. The van der Waals surface area contributed by atoms with E-state index in [4.69, 9.17) is 5.73 Å². The molecule has 0 aliphatic rings. The molecule has 0 bridgehead atoms. The van der Waals surface area contributed by atoms with Crippen molar-refractivity contribution in [3.05, 3.63) is 34.3 Å². The molecule has 2 aromatic rings. The second kappa shape index (κ2) is 5.91. The Kier molecular flexibility index (Phi) is 4.48. The zero-order chi connectivity index (χ0) is 13.1. The molecule has 0 fully saturated rings. The average Bonchev–Trinajstić information content (AvgIpc) is 2.95. The lowest BCUT2D eigenvalue weighted by Crippen LogP contribution is -2.25. The van der Waals surface area contributed by atoms with Crippen LogP contribution in [-0.2, 0) is 7.05 Å². The SMILES string of the molecule is CCC(N)C(Sc1nccn1C)c1sccc1C. The van der Waals surface area contributed by atoms with Gasteiger partial charge in [-0.15, -0.1) is 11.3 Å². The summed E-state index contributed by atoms with van der Waals surface area (Å²) in [5, 5.41) is 3.45. The second-order valence-electron chi connectivity index (χ2n) is 4.40. The summed E-state index contributed by atoms with van der Waals surface area (Å²) in [6, 6.07) is 2.32. The molecule has 2 rings (SSSR count). The monoisotopic (exact) mass is 281 g/mol. The van der Waals surface area contributed by atoms with Gasteiger partial charge in [-0.05, 0) is 30.4 Å². The Morgan fingerprint density at radius 2 is 2.33 bits per heavy atom. The van der Waals surface area contributed by atoms with Crippen molar-refractivity contribution in [2.45, 2.75) is 36.7 Å². The lowest BCUT2D eigenvalue weighted by Gasteiger charge is -2.21. The fourth-order valence-electron chi connectivity index (χ4n) is 1.80. The first-order chi connectivity index (χ1) is 8.63. The third-order valence-electron chi connectivity index (χ3n) is 3.03. The summed E-state index contributed by atoms with van der Waals surface area (Å²) < 4.78 is 2.04. The van der Waals surface area contributed by atoms with Crippen molar-refractivity contribution in [1.29, 1.82) is 0 Å². The van der Waals surface area contributed by atoms with Crippen LogP contribution in [0.2, 0.25) is 0 Å². The highest BCUT2D eigenvalue weighted by Gasteiger charge is 2.24. The van der Waals surface area contributed by atoms with E-state index >= 15 is 0 Å². The molecule has 98 valence electrons. The molecule has 2 N–H and O–H groups in total. The Labute approximate surface area is 116 Å². The van der Waals surface area contributed by atoms with Crippen LogP contribution in [0.15, 0.2) is 29.0 Å². The zero-order valence-corrected chi connectivity index (χ0v) is 12.6. The zero-order valence-electron chi connectivity index (χ0n) is 11.0. The van der Waals surface area contributed by atoms with Crippen molar-refractivity contribution in [2.75, 3.05) is 0 Å². The van der Waals surface area contributed by atoms with Gasteiger partial charge in [-0.3, -0.25) is 0 Å². The highest BCUT2D eigenvalue weighted by Crippen LogP contribution is 2.40. The van der Waals surface area contributed by atoms with Crippen LogP contribution < -0.4 is 5.73 Å². The van der Waals surface area contributed by atoms with E-state index in [9.17, 15) is 0 Å². The van der Waals surface area contributed by atoms with Gasteiger partial charge < -0.3 is 10.3 Å². The second-order valence-corrected chi connectivity index (χ2v) is 6.46. The van der Waals surface area contributed by atoms with Gasteiger partial charge in [0.2, 0.25) is 0 Å². The van der Waals surface area contributed by atoms with E-state index in [1.54, 1.807) is 23.1 Å². The number of aromatic nitrogens is 2. The van der Waals surface area contributed by atoms with Gasteiger partial charge in [0.1, 0.15) is 0 Å². The molecule has 0 radical (unpaired) electrons. The number of nitrogens with zero attached hydrogens (tertiary/aromatic N) is 2. The van der Waals surface area contributed by atoms with E-state index in [-0.39, 0.29) is 11.3 Å². The Morgan fingerprint density at radius 3 is 2.83 bits per heavy atom. The fraction of sp³-hybridized carbons (Fsp3) is 0.462. The van der Waals surface area contributed by atoms with Crippen molar-refractivity contribution in [2.24, 2.45) is 12.8 Å². The van der Waals surface area contributed by atoms with Crippen molar-refractivity contribution in [3.8, 4) is 0 Å². The van der Waals surface area contributed by atoms with Crippen molar-refractivity contribution in [3.63, 3.8) is 0 Å². The Morgan fingerprint density at radius 1 is 1.56 bits per heavy atom. The van der Waals surface area contributed by atoms with Crippen LogP contribution in [-0.4, -0.2) is 15.6 Å². The maximum Gasteiger partial charge on any atom is 0.168 e. The van der Waals surface area contributed by atoms with Crippen LogP contribution in [0.4, 0.5) is 0 Å². The van der Waals surface area contributed by atoms with Crippen molar-refractivity contribution < 1.29 is 0 Å². The van der Waals surface area contributed by atoms with Crippen LogP contribution in [0.25, 0.3) is 0 Å². The molecule has 0 aliphatic heterocycles. The molecule has 2 heterocycles. The topological polar surface area (TPSA) is 43.8 Å². The van der Waals surface area contributed by atoms with Gasteiger partial charge in [-0.1, -0.05) is 18.7 Å². The molecule has 0 aromatic carbocycles. The lowest BCUT2D eigenvalue weighted by molar-refractivity contribution is 0.634. The summed E-state index contributed by atoms with van der Waals surface area (Å²) in [5.74, 6) is 0. The van der Waals surface area contributed by atoms with E-state index in [2.05, 4.69) is 30.3 Å². The molecule has 18 heavy (non-hydrogen) atoms. The van der Waals surface area contributed by atoms with Gasteiger partial charge in [0.15, 0.2) is 5.16 Å². The van der Waals surface area contributed by atoms with Crippen LogP contribution in [0, 0.1) is 6.92 Å². The number of hydrogen-bond donors (Lipinski definition) is 1. The van der Waals surface area contributed by atoms with Crippen LogP contribution in [0.1, 0.15) is 29.0 Å². The minimum absolute atomic E-state index is 0.157. The van der Waals surface area contributed by atoms with Crippen molar-refractivity contribution in [1.82, 2.24) is 9.55 Å². The third-order valence-corrected chi connectivity index (χ3v) is 5.72. The van der Waals surface area contributed by atoms with Crippen LogP contribution >= 0.6 is 23.1 Å². The molecule has 0 saturated carbocycles. The molecular formula is C13H19N3S2. The summed E-state index contributed by atoms with van der Waals surface area (Å²) in [6.45, 7) is 4.29. The molecular weight excluding hydrogens is 262 g/mol. The van der Waals surface area contributed by atoms with E-state index in [1.165, 1.54) is 10.4 Å². The lowest BCUT2D eigenvalue weighted by atomic mass is 10.1. The molecule has 3 nitrogen and oxygen atoms in total. The Balaban J connectivity index is 2.27. The number of rotatable bonds is 5. The largest absolute Gasteiger partial charge is 0.329 e. The number of thioether (sulfide) groups is 1. The molecule has 0 saturated heterocycles. The van der Waals surface area contributed by atoms with E-state index in [0.29, 0.717) is 0 Å². The minimum atomic E-state index is 0.157. The standard InChI is InChI=1S/C13H19N3S2/c1-4-10(14)12(11-9(2)5-8-17-11)18-13-15-6-7-16(13)3/h5-8,10,12H,4,14H2,1-3H3. The predicted molar refractivity (Wildman–Crippen MR) is 79.1 cm³/mol. The van der Waals surface area contributed by atoms with Crippen LogP contribution in [0.5, 0.6) is 0 Å². The van der Waals surface area contributed by atoms with E-state index in [1.807, 2.05) is 24.0 Å². The number of imidazole rings is 1. The van der Waals surface area contributed by atoms with Gasteiger partial charge in [0.25, 0.3) is 0 Å². The fourth-order valence-corrected chi connectivity index (χ4v) is 4.33. The first kappa shape index (κ1) is 13.6. The first-order valence-corrected chi connectivity index (χ1v) is 7.83. The highest BCUT2D eigenvalue weighted by molar-refractivity contribution is 7.99. The number of thiophene rings is 1. The molecule has 5 heteroatoms. The first-order valence-electron chi connectivity index (χ1n) is 6.07. The predicted octanol–water partition coefficient (Wildman–Crippen LogP) is 3.36. The van der Waals surface area contributed by atoms with Gasteiger partial charge >= 0.3 is 0 Å². The maximum atomic E-state index is 6.29. The quantitative estimate of drug-likeness (QED) is 0.855. The minimum Gasteiger partial charge on any atom is -0.329 e. The number of aryl methyl sites for hydroxylation is 2. The molecule has 0 spiro atoms. The average molecular weight is 281 g/mol. The van der Waals surface area contributed by atoms with Gasteiger partial charge in [-0.2, -0.15) is 0 Å². The van der Waals surface area contributed by atoms with Gasteiger partial charge in [0.05, 0.1) is 5.25 Å². The number of hydrogen-bond acceptors (Lipinski definition) is 4. The summed E-state index contributed by atoms with van der Waals surface area (Å²) >= 11 is 3.56. The molecule has 2 atom stereocenters. The van der Waals surface area contributed by atoms with E-state index in [0.717, 1.165) is 11.6 Å². The molecule has 0 aliphatic carbocycles. The highest BCUT2D eigenvalue weighted by atomic mass is 32.2. The van der Waals surface area contributed by atoms with E-state index < -0.39 is 0 Å². The van der Waals surface area contributed by atoms with Crippen molar-refractivity contribution >= 4 is 23.1 Å². The summed E-state index contributed by atoms with van der Waals surface area (Å²) in [6.07, 6.45) is 4.77. The third kappa shape index (κ3) is 2.79. The number of nitrogens with two attached hydrogens (primary N) is 1. The summed E-state index contributed by atoms with van der Waals surface area (Å²) in [7, 11) is 2.02. The van der Waals surface area contributed by atoms with Crippen LogP contribution in [0.3, 0.4) is 0 Å². The molecule has 2 unspecified atom stereocenters. The molecule has 0 amide bonds. The summed E-state index contributed by atoms with van der Waals surface area (Å²) in [5.41, 5.74) is 7.62. The van der Waals surface area contributed by atoms with Gasteiger partial charge in [-0.25, -0.2) is 4.98 Å². The summed E-state index contributed by atoms with van der Waals surface area (Å²) in [4.78, 5) is 5.76. The normalized spacial score (nSPS) is 14.7. The Hall–Kier alpha value is -0.780. The molecule has 2 aromatic heterocycles. The maximum absolute atomic E-state index is 6.29.